The predicted molar refractivity (Wildman–Crippen MR) is 122 cm³/mol. The van der Waals surface area contributed by atoms with Crippen molar-refractivity contribution in [2.45, 2.75) is 6.92 Å². The number of aromatic nitrogens is 3. The van der Waals surface area contributed by atoms with Gasteiger partial charge in [0.15, 0.2) is 0 Å². The minimum atomic E-state index is -0.697. The molecule has 0 saturated carbocycles. The number of anilines is 1. The molecule has 4 aromatic rings. The van der Waals surface area contributed by atoms with Crippen molar-refractivity contribution in [1.29, 1.82) is 0 Å². The zero-order valence-corrected chi connectivity index (χ0v) is 17.3. The first-order valence-electron chi connectivity index (χ1n) is 9.74. The van der Waals surface area contributed by atoms with Crippen molar-refractivity contribution < 1.29 is 9.85 Å². The normalized spacial score (nSPS) is 11.2. The van der Waals surface area contributed by atoms with E-state index >= 15 is 0 Å². The van der Waals surface area contributed by atoms with Gasteiger partial charge in [-0.25, -0.2) is 4.68 Å². The van der Waals surface area contributed by atoms with Gasteiger partial charge in [0.1, 0.15) is 5.69 Å². The minimum absolute atomic E-state index is 0.0525. The summed E-state index contributed by atoms with van der Waals surface area (Å²) in [6.45, 7) is 1.74. The summed E-state index contributed by atoms with van der Waals surface area (Å²) in [5.74, 6) is 0. The van der Waals surface area contributed by atoms with E-state index in [2.05, 4.69) is 20.8 Å². The van der Waals surface area contributed by atoms with E-state index in [0.29, 0.717) is 5.71 Å². The SMILES string of the molecule is C/C(=N\Nc1ccc([N+](=O)[O-])cc1[N+](=O)[O-])c1ccc(-n2nncc2-c2ccccc2)cc1. The molecule has 1 N–H and O–H groups in total. The lowest BCUT2D eigenvalue weighted by molar-refractivity contribution is -0.393. The topological polar surface area (TPSA) is 141 Å². The van der Waals surface area contributed by atoms with Crippen molar-refractivity contribution in [1.82, 2.24) is 15.0 Å². The number of hydrazone groups is 1. The van der Waals surface area contributed by atoms with E-state index in [0.717, 1.165) is 28.6 Å². The summed E-state index contributed by atoms with van der Waals surface area (Å²) in [6, 6.07) is 20.5. The summed E-state index contributed by atoms with van der Waals surface area (Å²) in [4.78, 5) is 20.8. The number of nitrogens with one attached hydrogen (secondary N) is 1. The maximum absolute atomic E-state index is 11.3. The molecule has 3 aromatic carbocycles. The van der Waals surface area contributed by atoms with Crippen LogP contribution >= 0.6 is 0 Å². The van der Waals surface area contributed by atoms with Crippen molar-refractivity contribution in [2.75, 3.05) is 5.43 Å². The predicted octanol–water partition coefficient (Wildman–Crippen LogP) is 4.59. The molecule has 11 nitrogen and oxygen atoms in total. The lowest BCUT2D eigenvalue weighted by Crippen LogP contribution is -2.04. The maximum Gasteiger partial charge on any atom is 0.301 e. The molecule has 33 heavy (non-hydrogen) atoms. The summed E-state index contributed by atoms with van der Waals surface area (Å²) < 4.78 is 1.73. The van der Waals surface area contributed by atoms with Crippen LogP contribution < -0.4 is 5.43 Å². The standard InChI is InChI=1S/C22H17N7O4/c1-15(24-25-20-12-11-19(28(30)31)13-21(20)29(32)33)16-7-9-18(10-8-16)27-22(14-23-26-27)17-5-3-2-4-6-17/h2-14,25H,1H3/b24-15+. The summed E-state index contributed by atoms with van der Waals surface area (Å²) >= 11 is 0. The number of rotatable bonds is 7. The fraction of sp³-hybridized carbons (Fsp3) is 0.0455. The summed E-state index contributed by atoms with van der Waals surface area (Å²) in [7, 11) is 0. The van der Waals surface area contributed by atoms with E-state index in [1.807, 2.05) is 54.6 Å². The van der Waals surface area contributed by atoms with Crippen LogP contribution in [-0.4, -0.2) is 30.6 Å². The van der Waals surface area contributed by atoms with Gasteiger partial charge in [0.05, 0.1) is 39.2 Å². The third kappa shape index (κ3) is 4.56. The van der Waals surface area contributed by atoms with E-state index < -0.39 is 15.5 Å². The Kier molecular flexibility index (Phi) is 5.85. The monoisotopic (exact) mass is 443 g/mol. The van der Waals surface area contributed by atoms with Crippen molar-refractivity contribution in [3.8, 4) is 16.9 Å². The number of nitro benzene ring substituents is 2. The molecule has 0 atom stereocenters. The second-order valence-corrected chi connectivity index (χ2v) is 6.97. The van der Waals surface area contributed by atoms with E-state index in [-0.39, 0.29) is 11.4 Å². The lowest BCUT2D eigenvalue weighted by Gasteiger charge is -2.08. The average molecular weight is 443 g/mol. The molecule has 4 rings (SSSR count). The van der Waals surface area contributed by atoms with Crippen molar-refractivity contribution in [2.24, 2.45) is 5.10 Å². The van der Waals surface area contributed by atoms with Gasteiger partial charge in [0.2, 0.25) is 0 Å². The molecule has 0 radical (unpaired) electrons. The Morgan fingerprint density at radius 3 is 2.36 bits per heavy atom. The van der Waals surface area contributed by atoms with Crippen molar-refractivity contribution >= 4 is 22.8 Å². The Hall–Kier alpha value is -4.93. The Morgan fingerprint density at radius 2 is 1.70 bits per heavy atom. The average Bonchev–Trinajstić information content (AvgIpc) is 3.33. The van der Waals surface area contributed by atoms with Gasteiger partial charge in [-0.05, 0) is 30.7 Å². The second-order valence-electron chi connectivity index (χ2n) is 6.97. The van der Waals surface area contributed by atoms with Gasteiger partial charge >= 0.3 is 5.69 Å². The van der Waals surface area contributed by atoms with Gasteiger partial charge in [-0.3, -0.25) is 25.7 Å². The zero-order valence-electron chi connectivity index (χ0n) is 17.3. The van der Waals surface area contributed by atoms with Crippen LogP contribution in [0.1, 0.15) is 12.5 Å². The Bertz CT molecular complexity index is 1350. The van der Waals surface area contributed by atoms with Crippen LogP contribution in [0.5, 0.6) is 0 Å². The van der Waals surface area contributed by atoms with Crippen LogP contribution in [0.2, 0.25) is 0 Å². The van der Waals surface area contributed by atoms with Gasteiger partial charge in [-0.1, -0.05) is 47.7 Å². The molecule has 11 heteroatoms. The molecular formula is C22H17N7O4. The smallest absolute Gasteiger partial charge is 0.271 e. The molecule has 0 saturated heterocycles. The van der Waals surface area contributed by atoms with Crippen molar-refractivity contribution in [3.63, 3.8) is 0 Å². The van der Waals surface area contributed by atoms with Crippen LogP contribution in [0.25, 0.3) is 16.9 Å². The molecule has 0 bridgehead atoms. The summed E-state index contributed by atoms with van der Waals surface area (Å²) in [5, 5.41) is 34.5. The highest BCUT2D eigenvalue weighted by Crippen LogP contribution is 2.29. The van der Waals surface area contributed by atoms with Gasteiger partial charge in [0.25, 0.3) is 5.69 Å². The highest BCUT2D eigenvalue weighted by Gasteiger charge is 2.19. The number of nitrogens with zero attached hydrogens (tertiary/aromatic N) is 6. The van der Waals surface area contributed by atoms with Crippen LogP contribution in [0.15, 0.2) is 84.1 Å². The Morgan fingerprint density at radius 1 is 0.970 bits per heavy atom. The van der Waals surface area contributed by atoms with Gasteiger partial charge in [-0.2, -0.15) is 5.10 Å². The lowest BCUT2D eigenvalue weighted by atomic mass is 10.1. The molecule has 0 unspecified atom stereocenters. The Balaban J connectivity index is 1.56. The van der Waals surface area contributed by atoms with Crippen molar-refractivity contribution in [3.05, 3.63) is 105 Å². The third-order valence-electron chi connectivity index (χ3n) is 4.88. The minimum Gasteiger partial charge on any atom is -0.271 e. The molecule has 0 aliphatic heterocycles. The molecule has 1 aromatic heterocycles. The number of hydrogen-bond acceptors (Lipinski definition) is 8. The van der Waals surface area contributed by atoms with E-state index in [1.54, 1.807) is 17.8 Å². The molecular weight excluding hydrogens is 426 g/mol. The quantitative estimate of drug-likeness (QED) is 0.250. The highest BCUT2D eigenvalue weighted by atomic mass is 16.6. The number of benzene rings is 3. The molecule has 1 heterocycles. The molecule has 0 spiro atoms. The zero-order chi connectivity index (χ0) is 23.4. The molecule has 0 fully saturated rings. The highest BCUT2D eigenvalue weighted by molar-refractivity contribution is 5.99. The maximum atomic E-state index is 11.3. The van der Waals surface area contributed by atoms with E-state index in [9.17, 15) is 20.2 Å². The van der Waals surface area contributed by atoms with Crippen LogP contribution in [0.3, 0.4) is 0 Å². The van der Waals surface area contributed by atoms with Crippen LogP contribution in [0, 0.1) is 20.2 Å². The van der Waals surface area contributed by atoms with Gasteiger partial charge in [0, 0.05) is 11.6 Å². The van der Waals surface area contributed by atoms with Crippen LogP contribution in [0.4, 0.5) is 17.1 Å². The first-order valence-corrected chi connectivity index (χ1v) is 9.74. The molecule has 164 valence electrons. The van der Waals surface area contributed by atoms with E-state index in [4.69, 9.17) is 0 Å². The number of nitro groups is 2. The number of hydrogen-bond donors (Lipinski definition) is 1. The second kappa shape index (κ2) is 9.06. The molecule has 0 aliphatic rings. The Labute approximate surface area is 187 Å². The first kappa shape index (κ1) is 21.3. The molecule has 0 aliphatic carbocycles. The largest absolute Gasteiger partial charge is 0.301 e. The van der Waals surface area contributed by atoms with E-state index in [1.165, 1.54) is 12.1 Å². The fourth-order valence-corrected chi connectivity index (χ4v) is 3.16. The van der Waals surface area contributed by atoms with Crippen LogP contribution in [-0.2, 0) is 0 Å². The number of non-ortho nitro benzene ring substituents is 1. The molecule has 0 amide bonds. The first-order chi connectivity index (χ1) is 15.9. The van der Waals surface area contributed by atoms with Gasteiger partial charge in [-0.15, -0.1) is 5.10 Å². The fourth-order valence-electron chi connectivity index (χ4n) is 3.16. The third-order valence-corrected chi connectivity index (χ3v) is 4.88. The van der Waals surface area contributed by atoms with Gasteiger partial charge < -0.3 is 0 Å². The summed E-state index contributed by atoms with van der Waals surface area (Å²) in [5.41, 5.74) is 5.86. The summed E-state index contributed by atoms with van der Waals surface area (Å²) in [6.07, 6.45) is 1.69.